The van der Waals surface area contributed by atoms with Gasteiger partial charge in [0.1, 0.15) is 10.7 Å². The summed E-state index contributed by atoms with van der Waals surface area (Å²) in [5, 5.41) is 4.08. The van der Waals surface area contributed by atoms with Gasteiger partial charge in [-0.1, -0.05) is 0 Å². The van der Waals surface area contributed by atoms with E-state index in [1.54, 1.807) is 11.3 Å². The van der Waals surface area contributed by atoms with E-state index in [1.807, 2.05) is 45.0 Å². The lowest BCUT2D eigenvalue weighted by Crippen LogP contribution is -2.17. The first-order chi connectivity index (χ1) is 10.5. The zero-order valence-electron chi connectivity index (χ0n) is 12.5. The summed E-state index contributed by atoms with van der Waals surface area (Å²) in [6.45, 7) is 5.99. The fourth-order valence-corrected chi connectivity index (χ4v) is 3.74. The van der Waals surface area contributed by atoms with Gasteiger partial charge in [0.15, 0.2) is 0 Å². The third kappa shape index (κ3) is 2.89. The first-order valence-corrected chi connectivity index (χ1v) is 8.87. The van der Waals surface area contributed by atoms with Gasteiger partial charge < -0.3 is 10.3 Å². The van der Waals surface area contributed by atoms with E-state index < -0.39 is 0 Å². The molecule has 114 valence electrons. The summed E-state index contributed by atoms with van der Waals surface area (Å²) in [5.74, 6) is 0.664. The predicted molar refractivity (Wildman–Crippen MR) is 101 cm³/mol. The van der Waals surface area contributed by atoms with Crippen LogP contribution in [0.3, 0.4) is 0 Å². The highest BCUT2D eigenvalue weighted by Crippen LogP contribution is 2.27. The second kappa shape index (κ2) is 6.00. The summed E-state index contributed by atoms with van der Waals surface area (Å²) in [4.78, 5) is 21.8. The summed E-state index contributed by atoms with van der Waals surface area (Å²) in [6.07, 6.45) is 0. The van der Waals surface area contributed by atoms with Gasteiger partial charge in [-0.25, -0.2) is 4.98 Å². The van der Waals surface area contributed by atoms with Crippen molar-refractivity contribution in [2.75, 3.05) is 5.32 Å². The Morgan fingerprint density at radius 1 is 1.27 bits per heavy atom. The molecule has 2 N–H and O–H groups in total. The van der Waals surface area contributed by atoms with Crippen molar-refractivity contribution in [3.05, 3.63) is 54.5 Å². The molecular weight excluding hydrogens is 409 g/mol. The number of hydrogen-bond acceptors (Lipinski definition) is 4. The van der Waals surface area contributed by atoms with Crippen molar-refractivity contribution in [3.63, 3.8) is 0 Å². The first kappa shape index (κ1) is 15.5. The minimum Gasteiger partial charge on any atom is -0.375 e. The van der Waals surface area contributed by atoms with Gasteiger partial charge in [0.25, 0.3) is 5.56 Å². The zero-order valence-corrected chi connectivity index (χ0v) is 15.5. The van der Waals surface area contributed by atoms with Gasteiger partial charge in [-0.2, -0.15) is 0 Å². The Balaban J connectivity index is 1.95. The van der Waals surface area contributed by atoms with Crippen LogP contribution in [0.2, 0.25) is 0 Å². The molecule has 22 heavy (non-hydrogen) atoms. The summed E-state index contributed by atoms with van der Waals surface area (Å²) < 4.78 is 1.19. The van der Waals surface area contributed by atoms with E-state index in [9.17, 15) is 4.79 Å². The number of H-pyrrole nitrogens is 1. The van der Waals surface area contributed by atoms with Crippen LogP contribution in [-0.4, -0.2) is 9.97 Å². The van der Waals surface area contributed by atoms with Gasteiger partial charge in [-0.3, -0.25) is 4.79 Å². The molecule has 1 aromatic carbocycles. The molecule has 0 saturated carbocycles. The highest BCUT2D eigenvalue weighted by Gasteiger charge is 2.15. The maximum Gasteiger partial charge on any atom is 0.259 e. The Hall–Kier alpha value is -1.41. The average molecular weight is 425 g/mol. The molecule has 3 rings (SSSR count). The van der Waals surface area contributed by atoms with Gasteiger partial charge in [-0.15, -0.1) is 11.3 Å². The summed E-state index contributed by atoms with van der Waals surface area (Å²) >= 11 is 3.85. The van der Waals surface area contributed by atoms with Crippen molar-refractivity contribution >= 4 is 49.8 Å². The minimum atomic E-state index is -0.0696. The van der Waals surface area contributed by atoms with Crippen molar-refractivity contribution in [1.29, 1.82) is 0 Å². The summed E-state index contributed by atoms with van der Waals surface area (Å²) in [7, 11) is 0. The molecule has 2 aromatic heterocycles. The molecule has 0 unspecified atom stereocenters. The molecule has 0 saturated heterocycles. The van der Waals surface area contributed by atoms with Crippen LogP contribution in [0.5, 0.6) is 0 Å². The van der Waals surface area contributed by atoms with Crippen molar-refractivity contribution in [1.82, 2.24) is 9.97 Å². The smallest absolute Gasteiger partial charge is 0.259 e. The van der Waals surface area contributed by atoms with E-state index in [1.165, 1.54) is 3.57 Å². The fourth-order valence-electron chi connectivity index (χ4n) is 2.34. The quantitative estimate of drug-likeness (QED) is 0.613. The molecule has 4 nitrogen and oxygen atoms in total. The molecular formula is C16H16IN3OS. The summed E-state index contributed by atoms with van der Waals surface area (Å²) in [6, 6.07) is 8.06. The van der Waals surface area contributed by atoms with Crippen LogP contribution in [0, 0.1) is 17.4 Å². The molecule has 0 fully saturated rings. The SMILES string of the molecule is Cc1sc2nc([C@H](C)Nc3ccc(I)cc3)[nH]c(=O)c2c1C. The maximum absolute atomic E-state index is 12.3. The van der Waals surface area contributed by atoms with E-state index in [-0.39, 0.29) is 11.6 Å². The van der Waals surface area contributed by atoms with Crippen molar-refractivity contribution in [2.24, 2.45) is 0 Å². The van der Waals surface area contributed by atoms with Crippen molar-refractivity contribution in [2.45, 2.75) is 26.8 Å². The standard InChI is InChI=1S/C16H16IN3OS/c1-8-10(3)22-16-13(8)15(21)19-14(20-16)9(2)18-12-6-4-11(17)5-7-12/h4-7,9,18H,1-3H3,(H,19,20,21)/t9-/m0/s1. The number of anilines is 1. The number of aryl methyl sites for hydroxylation is 2. The number of rotatable bonds is 3. The van der Waals surface area contributed by atoms with Crippen LogP contribution in [0.1, 0.15) is 29.2 Å². The lowest BCUT2D eigenvalue weighted by molar-refractivity contribution is 0.792. The number of fused-ring (bicyclic) bond motifs is 1. The second-order valence-electron chi connectivity index (χ2n) is 5.29. The van der Waals surface area contributed by atoms with Gasteiger partial charge in [0, 0.05) is 14.1 Å². The lowest BCUT2D eigenvalue weighted by atomic mass is 10.2. The molecule has 0 spiro atoms. The number of thiophene rings is 1. The van der Waals surface area contributed by atoms with Crippen LogP contribution in [-0.2, 0) is 0 Å². The second-order valence-corrected chi connectivity index (χ2v) is 7.74. The highest BCUT2D eigenvalue weighted by atomic mass is 127. The first-order valence-electron chi connectivity index (χ1n) is 6.97. The molecule has 3 aromatic rings. The molecule has 0 aliphatic carbocycles. The Labute approximate surface area is 146 Å². The lowest BCUT2D eigenvalue weighted by Gasteiger charge is -2.14. The van der Waals surface area contributed by atoms with Gasteiger partial charge >= 0.3 is 0 Å². The fraction of sp³-hybridized carbons (Fsp3) is 0.250. The Bertz CT molecular complexity index is 883. The Kier molecular flexibility index (Phi) is 4.22. The third-order valence-corrected chi connectivity index (χ3v) is 5.52. The zero-order chi connectivity index (χ0) is 15.9. The van der Waals surface area contributed by atoms with Crippen molar-refractivity contribution in [3.8, 4) is 0 Å². The normalized spacial score (nSPS) is 12.5. The van der Waals surface area contributed by atoms with Gasteiger partial charge in [0.2, 0.25) is 0 Å². The van der Waals surface area contributed by atoms with Crippen LogP contribution < -0.4 is 10.9 Å². The Morgan fingerprint density at radius 2 is 1.95 bits per heavy atom. The topological polar surface area (TPSA) is 57.8 Å². The van der Waals surface area contributed by atoms with Crippen molar-refractivity contribution < 1.29 is 0 Å². The Morgan fingerprint density at radius 3 is 2.64 bits per heavy atom. The average Bonchev–Trinajstić information content (AvgIpc) is 2.77. The number of nitrogens with zero attached hydrogens (tertiary/aromatic N) is 1. The number of hydrogen-bond donors (Lipinski definition) is 2. The largest absolute Gasteiger partial charge is 0.375 e. The molecule has 0 radical (unpaired) electrons. The molecule has 2 heterocycles. The van der Waals surface area contributed by atoms with E-state index in [4.69, 9.17) is 0 Å². The molecule has 0 bridgehead atoms. The predicted octanol–water partition coefficient (Wildman–Crippen LogP) is 4.38. The maximum atomic E-state index is 12.3. The number of aromatic nitrogens is 2. The van der Waals surface area contributed by atoms with Crippen LogP contribution >= 0.6 is 33.9 Å². The van der Waals surface area contributed by atoms with E-state index in [0.717, 1.165) is 21.0 Å². The minimum absolute atomic E-state index is 0.0573. The van der Waals surface area contributed by atoms with Gasteiger partial charge in [0.05, 0.1) is 11.4 Å². The number of halogens is 1. The number of benzene rings is 1. The van der Waals surface area contributed by atoms with Crippen LogP contribution in [0.25, 0.3) is 10.2 Å². The van der Waals surface area contributed by atoms with Crippen LogP contribution in [0.15, 0.2) is 29.1 Å². The molecule has 0 aliphatic heterocycles. The highest BCUT2D eigenvalue weighted by molar-refractivity contribution is 14.1. The number of nitrogens with one attached hydrogen (secondary N) is 2. The molecule has 0 amide bonds. The molecule has 6 heteroatoms. The molecule has 1 atom stereocenters. The monoisotopic (exact) mass is 425 g/mol. The van der Waals surface area contributed by atoms with E-state index >= 15 is 0 Å². The van der Waals surface area contributed by atoms with E-state index in [2.05, 4.69) is 37.9 Å². The van der Waals surface area contributed by atoms with Gasteiger partial charge in [-0.05, 0) is 73.2 Å². The third-order valence-electron chi connectivity index (χ3n) is 3.69. The summed E-state index contributed by atoms with van der Waals surface area (Å²) in [5.41, 5.74) is 1.98. The molecule has 0 aliphatic rings. The van der Waals surface area contributed by atoms with Crippen LogP contribution in [0.4, 0.5) is 5.69 Å². The van der Waals surface area contributed by atoms with E-state index in [0.29, 0.717) is 11.2 Å². The number of aromatic amines is 1.